The van der Waals surface area contributed by atoms with E-state index in [1.807, 2.05) is 11.8 Å². The van der Waals surface area contributed by atoms with Gasteiger partial charge in [-0.05, 0) is 25.9 Å². The first-order chi connectivity index (χ1) is 6.93. The number of nitrogens with one attached hydrogen (secondary N) is 1. The molecule has 0 atom stereocenters. The van der Waals surface area contributed by atoms with Crippen LogP contribution in [0.25, 0.3) is 0 Å². The standard InChI is InChI=1S/C11H20N2S/c1-2-10-14-11-6-12-5-9-13-7-3-4-8-13/h1,12H,3-11H2. The van der Waals surface area contributed by atoms with Crippen molar-refractivity contribution in [1.29, 1.82) is 0 Å². The summed E-state index contributed by atoms with van der Waals surface area (Å²) < 4.78 is 0. The predicted molar refractivity (Wildman–Crippen MR) is 64.7 cm³/mol. The first-order valence-electron chi connectivity index (χ1n) is 5.38. The molecule has 3 heteroatoms. The molecule has 1 fully saturated rings. The third-order valence-corrected chi connectivity index (χ3v) is 3.28. The van der Waals surface area contributed by atoms with Crippen LogP contribution in [0.1, 0.15) is 12.8 Å². The number of hydrogen-bond acceptors (Lipinski definition) is 3. The van der Waals surface area contributed by atoms with Crippen LogP contribution in [0.4, 0.5) is 0 Å². The maximum Gasteiger partial charge on any atom is 0.0545 e. The maximum atomic E-state index is 5.15. The van der Waals surface area contributed by atoms with E-state index in [-0.39, 0.29) is 0 Å². The largest absolute Gasteiger partial charge is 0.315 e. The van der Waals surface area contributed by atoms with Gasteiger partial charge >= 0.3 is 0 Å². The van der Waals surface area contributed by atoms with E-state index >= 15 is 0 Å². The molecule has 0 aromatic heterocycles. The zero-order valence-corrected chi connectivity index (χ0v) is 9.61. The first-order valence-corrected chi connectivity index (χ1v) is 6.53. The molecule has 80 valence electrons. The van der Waals surface area contributed by atoms with Crippen molar-refractivity contribution in [1.82, 2.24) is 10.2 Å². The van der Waals surface area contributed by atoms with Gasteiger partial charge in [0.15, 0.2) is 0 Å². The lowest BCUT2D eigenvalue weighted by atomic mass is 10.4. The third kappa shape index (κ3) is 5.54. The van der Waals surface area contributed by atoms with Crippen LogP contribution >= 0.6 is 11.8 Å². The van der Waals surface area contributed by atoms with Gasteiger partial charge in [0, 0.05) is 25.4 Å². The molecule has 0 saturated carbocycles. The number of likely N-dealkylation sites (tertiary alicyclic amines) is 1. The van der Waals surface area contributed by atoms with Crippen molar-refractivity contribution in [2.75, 3.05) is 44.2 Å². The van der Waals surface area contributed by atoms with Crippen molar-refractivity contribution in [3.05, 3.63) is 0 Å². The van der Waals surface area contributed by atoms with Crippen molar-refractivity contribution < 1.29 is 0 Å². The highest BCUT2D eigenvalue weighted by Gasteiger charge is 2.09. The molecule has 0 radical (unpaired) electrons. The maximum absolute atomic E-state index is 5.15. The molecule has 2 nitrogen and oxygen atoms in total. The Labute approximate surface area is 91.8 Å². The van der Waals surface area contributed by atoms with Crippen molar-refractivity contribution in [3.63, 3.8) is 0 Å². The van der Waals surface area contributed by atoms with Crippen molar-refractivity contribution in [2.45, 2.75) is 12.8 Å². The molecule has 0 unspecified atom stereocenters. The summed E-state index contributed by atoms with van der Waals surface area (Å²) >= 11 is 1.82. The van der Waals surface area contributed by atoms with Crippen LogP contribution in [0.5, 0.6) is 0 Å². The lowest BCUT2D eigenvalue weighted by molar-refractivity contribution is 0.337. The van der Waals surface area contributed by atoms with Gasteiger partial charge in [-0.15, -0.1) is 18.2 Å². The normalized spacial score (nSPS) is 17.1. The third-order valence-electron chi connectivity index (χ3n) is 2.41. The molecule has 1 aliphatic rings. The van der Waals surface area contributed by atoms with Crippen LogP contribution in [-0.4, -0.2) is 49.1 Å². The summed E-state index contributed by atoms with van der Waals surface area (Å²) in [7, 11) is 0. The van der Waals surface area contributed by atoms with E-state index in [4.69, 9.17) is 6.42 Å². The van der Waals surface area contributed by atoms with Crippen LogP contribution < -0.4 is 5.32 Å². The van der Waals surface area contributed by atoms with Gasteiger partial charge in [0.1, 0.15) is 0 Å². The summed E-state index contributed by atoms with van der Waals surface area (Å²) in [5.74, 6) is 4.60. The van der Waals surface area contributed by atoms with E-state index in [1.165, 1.54) is 32.5 Å². The van der Waals surface area contributed by atoms with Crippen molar-refractivity contribution in [2.24, 2.45) is 0 Å². The molecular weight excluding hydrogens is 192 g/mol. The monoisotopic (exact) mass is 212 g/mol. The fourth-order valence-corrected chi connectivity index (χ4v) is 2.19. The highest BCUT2D eigenvalue weighted by Crippen LogP contribution is 2.05. The second-order valence-electron chi connectivity index (χ2n) is 3.56. The molecule has 1 heterocycles. The fraction of sp³-hybridized carbons (Fsp3) is 0.818. The molecule has 1 rings (SSSR count). The van der Waals surface area contributed by atoms with Crippen LogP contribution in [-0.2, 0) is 0 Å². The minimum absolute atomic E-state index is 0.841. The molecule has 0 bridgehead atoms. The minimum atomic E-state index is 0.841. The Hall–Kier alpha value is -0.170. The summed E-state index contributed by atoms with van der Waals surface area (Å²) in [5, 5.41) is 3.44. The number of thioether (sulfide) groups is 1. The molecular formula is C11H20N2S. The van der Waals surface area contributed by atoms with Gasteiger partial charge in [-0.2, -0.15) is 0 Å². The Morgan fingerprint density at radius 1 is 1.29 bits per heavy atom. The predicted octanol–water partition coefficient (Wildman–Crippen LogP) is 1.04. The van der Waals surface area contributed by atoms with E-state index in [9.17, 15) is 0 Å². The summed E-state index contributed by atoms with van der Waals surface area (Å²) in [5.41, 5.74) is 0. The van der Waals surface area contributed by atoms with Gasteiger partial charge in [0.05, 0.1) is 5.75 Å². The van der Waals surface area contributed by atoms with Crippen molar-refractivity contribution >= 4 is 11.8 Å². The lowest BCUT2D eigenvalue weighted by Crippen LogP contribution is -2.30. The quantitative estimate of drug-likeness (QED) is 0.501. The van der Waals surface area contributed by atoms with E-state index < -0.39 is 0 Å². The zero-order chi connectivity index (χ0) is 10.1. The molecule has 0 aromatic rings. The van der Waals surface area contributed by atoms with Crippen LogP contribution in [0, 0.1) is 12.3 Å². The SMILES string of the molecule is C#CCSCCNCCN1CCCC1. The second-order valence-corrected chi connectivity index (χ2v) is 4.66. The summed E-state index contributed by atoms with van der Waals surface area (Å²) in [6.07, 6.45) is 7.93. The lowest BCUT2D eigenvalue weighted by Gasteiger charge is -2.14. The summed E-state index contributed by atoms with van der Waals surface area (Å²) in [4.78, 5) is 2.53. The van der Waals surface area contributed by atoms with Gasteiger partial charge in [-0.1, -0.05) is 5.92 Å². The number of nitrogens with zero attached hydrogens (tertiary/aromatic N) is 1. The smallest absolute Gasteiger partial charge is 0.0545 e. The Balaban J connectivity index is 1.78. The highest BCUT2D eigenvalue weighted by molar-refractivity contribution is 7.99. The van der Waals surface area contributed by atoms with Crippen LogP contribution in [0.2, 0.25) is 0 Å². The Morgan fingerprint density at radius 3 is 2.79 bits per heavy atom. The van der Waals surface area contributed by atoms with Gasteiger partial charge in [-0.3, -0.25) is 0 Å². The molecule has 0 aromatic carbocycles. The second kappa shape index (κ2) is 8.16. The average Bonchev–Trinajstić information content (AvgIpc) is 2.69. The van der Waals surface area contributed by atoms with E-state index in [0.717, 1.165) is 24.6 Å². The van der Waals surface area contributed by atoms with Crippen LogP contribution in [0.15, 0.2) is 0 Å². The summed E-state index contributed by atoms with van der Waals surface area (Å²) in [6.45, 7) is 6.01. The topological polar surface area (TPSA) is 15.3 Å². The molecule has 0 amide bonds. The Morgan fingerprint density at radius 2 is 2.07 bits per heavy atom. The van der Waals surface area contributed by atoms with Crippen molar-refractivity contribution in [3.8, 4) is 12.3 Å². The molecule has 0 spiro atoms. The molecule has 0 aliphatic carbocycles. The number of hydrogen-bond donors (Lipinski definition) is 1. The fourth-order valence-electron chi connectivity index (χ4n) is 1.64. The minimum Gasteiger partial charge on any atom is -0.315 e. The van der Waals surface area contributed by atoms with E-state index in [0.29, 0.717) is 0 Å². The van der Waals surface area contributed by atoms with Gasteiger partial charge in [0.2, 0.25) is 0 Å². The van der Waals surface area contributed by atoms with Gasteiger partial charge < -0.3 is 10.2 Å². The van der Waals surface area contributed by atoms with E-state index in [2.05, 4.69) is 16.1 Å². The Bertz CT molecular complexity index is 171. The average molecular weight is 212 g/mol. The number of rotatable bonds is 7. The van der Waals surface area contributed by atoms with Gasteiger partial charge in [0.25, 0.3) is 0 Å². The summed E-state index contributed by atoms with van der Waals surface area (Å²) in [6, 6.07) is 0. The van der Waals surface area contributed by atoms with E-state index in [1.54, 1.807) is 0 Å². The Kier molecular flexibility index (Phi) is 6.94. The zero-order valence-electron chi connectivity index (χ0n) is 8.80. The van der Waals surface area contributed by atoms with Crippen LogP contribution in [0.3, 0.4) is 0 Å². The van der Waals surface area contributed by atoms with Gasteiger partial charge in [-0.25, -0.2) is 0 Å². The molecule has 1 N–H and O–H groups in total. The molecule has 1 aliphatic heterocycles. The molecule has 14 heavy (non-hydrogen) atoms. The number of terminal acetylenes is 1. The highest BCUT2D eigenvalue weighted by atomic mass is 32.2. The first kappa shape index (κ1) is 11.9. The molecule has 1 saturated heterocycles.